The fourth-order valence-corrected chi connectivity index (χ4v) is 1.59. The lowest BCUT2D eigenvalue weighted by Gasteiger charge is -2.15. The lowest BCUT2D eigenvalue weighted by Crippen LogP contribution is -2.17. The zero-order valence-electron chi connectivity index (χ0n) is 9.58. The van der Waals surface area contributed by atoms with Crippen molar-refractivity contribution < 1.29 is 15.3 Å². The van der Waals surface area contributed by atoms with Crippen molar-refractivity contribution in [2.75, 3.05) is 6.61 Å². The molecule has 0 saturated heterocycles. The van der Waals surface area contributed by atoms with Gasteiger partial charge in [0, 0.05) is 6.61 Å². The van der Waals surface area contributed by atoms with Crippen molar-refractivity contribution in [2.24, 2.45) is 0 Å². The van der Waals surface area contributed by atoms with Gasteiger partial charge in [-0.05, 0) is 24.0 Å². The Labute approximate surface area is 101 Å². The molecule has 2 unspecified atom stereocenters. The Morgan fingerprint density at radius 1 is 1.18 bits per heavy atom. The maximum absolute atomic E-state index is 9.75. The molecule has 0 aliphatic rings. The van der Waals surface area contributed by atoms with Gasteiger partial charge in [0.1, 0.15) is 6.10 Å². The van der Waals surface area contributed by atoms with Gasteiger partial charge in [-0.15, -0.1) is 0 Å². The molecular formula is C13H17NO3. The molecule has 0 saturated carbocycles. The summed E-state index contributed by atoms with van der Waals surface area (Å²) in [5.74, 6) is 0. The van der Waals surface area contributed by atoms with E-state index >= 15 is 0 Å². The number of rotatable bonds is 6. The van der Waals surface area contributed by atoms with Crippen molar-refractivity contribution >= 4 is 0 Å². The molecule has 0 aliphatic heterocycles. The molecule has 0 fully saturated rings. The second-order valence-corrected chi connectivity index (χ2v) is 3.94. The smallest absolute Gasteiger partial charge is 0.106 e. The zero-order chi connectivity index (χ0) is 12.7. The molecule has 0 amide bonds. The normalized spacial score (nSPS) is 14.0. The van der Waals surface area contributed by atoms with Crippen LogP contribution >= 0.6 is 0 Å². The van der Waals surface area contributed by atoms with Crippen molar-refractivity contribution in [3.8, 4) is 6.07 Å². The van der Waals surface area contributed by atoms with Crippen LogP contribution in [-0.4, -0.2) is 28.0 Å². The molecule has 4 heteroatoms. The molecular weight excluding hydrogens is 218 g/mol. The van der Waals surface area contributed by atoms with Gasteiger partial charge in [0.2, 0.25) is 0 Å². The molecule has 2 atom stereocenters. The van der Waals surface area contributed by atoms with E-state index < -0.39 is 12.2 Å². The van der Waals surface area contributed by atoms with Crippen molar-refractivity contribution in [1.82, 2.24) is 0 Å². The monoisotopic (exact) mass is 235 g/mol. The number of hydrogen-bond donors (Lipinski definition) is 3. The van der Waals surface area contributed by atoms with E-state index in [1.54, 1.807) is 12.1 Å². The van der Waals surface area contributed by atoms with Gasteiger partial charge in [0.15, 0.2) is 0 Å². The van der Waals surface area contributed by atoms with E-state index in [1.165, 1.54) is 0 Å². The van der Waals surface area contributed by atoms with Crippen LogP contribution in [-0.2, 0) is 6.42 Å². The van der Waals surface area contributed by atoms with E-state index in [2.05, 4.69) is 0 Å². The molecule has 17 heavy (non-hydrogen) atoms. The average Bonchev–Trinajstić information content (AvgIpc) is 2.36. The molecule has 3 N–H and O–H groups in total. The largest absolute Gasteiger partial charge is 0.396 e. The Bertz CT molecular complexity index is 369. The van der Waals surface area contributed by atoms with Gasteiger partial charge in [-0.2, -0.15) is 5.26 Å². The first-order valence-corrected chi connectivity index (χ1v) is 5.61. The standard InChI is InChI=1S/C13H17NO3/c14-8-7-12(16)13(17)11-5-3-10(4-6-11)2-1-9-15/h3-6,12-13,15-17H,1-2,7,9H2. The van der Waals surface area contributed by atoms with E-state index in [-0.39, 0.29) is 13.0 Å². The summed E-state index contributed by atoms with van der Waals surface area (Å²) in [4.78, 5) is 0. The quantitative estimate of drug-likeness (QED) is 0.684. The number of aliphatic hydroxyl groups is 3. The zero-order valence-corrected chi connectivity index (χ0v) is 9.58. The summed E-state index contributed by atoms with van der Waals surface area (Å²) in [5.41, 5.74) is 1.67. The SMILES string of the molecule is N#CCC(O)C(O)c1ccc(CCCO)cc1. The van der Waals surface area contributed by atoms with E-state index in [1.807, 2.05) is 18.2 Å². The van der Waals surface area contributed by atoms with Gasteiger partial charge in [-0.25, -0.2) is 0 Å². The highest BCUT2D eigenvalue weighted by molar-refractivity contribution is 5.25. The summed E-state index contributed by atoms with van der Waals surface area (Å²) in [7, 11) is 0. The molecule has 0 spiro atoms. The van der Waals surface area contributed by atoms with E-state index in [0.717, 1.165) is 12.0 Å². The topological polar surface area (TPSA) is 84.5 Å². The van der Waals surface area contributed by atoms with Gasteiger partial charge >= 0.3 is 0 Å². The number of aliphatic hydroxyl groups excluding tert-OH is 3. The summed E-state index contributed by atoms with van der Waals surface area (Å²) < 4.78 is 0. The van der Waals surface area contributed by atoms with Crippen molar-refractivity contribution in [2.45, 2.75) is 31.5 Å². The van der Waals surface area contributed by atoms with Crippen LogP contribution in [0.5, 0.6) is 0 Å². The van der Waals surface area contributed by atoms with E-state index in [0.29, 0.717) is 12.0 Å². The Morgan fingerprint density at radius 2 is 1.82 bits per heavy atom. The number of hydrogen-bond acceptors (Lipinski definition) is 4. The second-order valence-electron chi connectivity index (χ2n) is 3.94. The minimum absolute atomic E-state index is 0.0899. The Kier molecular flexibility index (Phi) is 5.64. The van der Waals surface area contributed by atoms with Gasteiger partial charge in [0.05, 0.1) is 18.6 Å². The molecule has 0 aromatic heterocycles. The minimum atomic E-state index is -1.05. The second kappa shape index (κ2) is 7.02. The molecule has 0 aliphatic carbocycles. The van der Waals surface area contributed by atoms with Crippen LogP contribution in [0.3, 0.4) is 0 Å². The van der Waals surface area contributed by atoms with Crippen LogP contribution in [0.2, 0.25) is 0 Å². The van der Waals surface area contributed by atoms with Crippen molar-refractivity contribution in [3.05, 3.63) is 35.4 Å². The fraction of sp³-hybridized carbons (Fsp3) is 0.462. The van der Waals surface area contributed by atoms with Crippen LogP contribution in [0.1, 0.15) is 30.1 Å². The predicted molar refractivity (Wildman–Crippen MR) is 63.0 cm³/mol. The lowest BCUT2D eigenvalue weighted by molar-refractivity contribution is 0.0216. The average molecular weight is 235 g/mol. The number of aryl methyl sites for hydroxylation is 1. The van der Waals surface area contributed by atoms with E-state index in [9.17, 15) is 10.2 Å². The minimum Gasteiger partial charge on any atom is -0.396 e. The van der Waals surface area contributed by atoms with Crippen LogP contribution in [0.15, 0.2) is 24.3 Å². The summed E-state index contributed by atoms with van der Waals surface area (Å²) in [6, 6.07) is 9.00. The van der Waals surface area contributed by atoms with Crippen LogP contribution in [0.4, 0.5) is 0 Å². The summed E-state index contributed by atoms with van der Waals surface area (Å²) in [6.45, 7) is 0.158. The molecule has 0 heterocycles. The highest BCUT2D eigenvalue weighted by atomic mass is 16.3. The third kappa shape index (κ3) is 4.16. The number of nitriles is 1. The van der Waals surface area contributed by atoms with Gasteiger partial charge < -0.3 is 15.3 Å². The maximum Gasteiger partial charge on any atom is 0.106 e. The molecule has 1 aromatic carbocycles. The Balaban J connectivity index is 2.63. The number of nitrogens with zero attached hydrogens (tertiary/aromatic N) is 1. The highest BCUT2D eigenvalue weighted by Crippen LogP contribution is 2.19. The summed E-state index contributed by atoms with van der Waals surface area (Å²) in [6.07, 6.45) is -0.676. The molecule has 92 valence electrons. The van der Waals surface area contributed by atoms with Crippen LogP contribution in [0, 0.1) is 11.3 Å². The Hall–Kier alpha value is -1.41. The highest BCUT2D eigenvalue weighted by Gasteiger charge is 2.17. The first-order valence-electron chi connectivity index (χ1n) is 5.61. The molecule has 0 bridgehead atoms. The van der Waals surface area contributed by atoms with Crippen LogP contribution in [0.25, 0.3) is 0 Å². The van der Waals surface area contributed by atoms with Crippen molar-refractivity contribution in [3.63, 3.8) is 0 Å². The van der Waals surface area contributed by atoms with Crippen molar-refractivity contribution in [1.29, 1.82) is 5.26 Å². The van der Waals surface area contributed by atoms with Gasteiger partial charge in [0.25, 0.3) is 0 Å². The van der Waals surface area contributed by atoms with Gasteiger partial charge in [-0.3, -0.25) is 0 Å². The van der Waals surface area contributed by atoms with E-state index in [4.69, 9.17) is 10.4 Å². The lowest BCUT2D eigenvalue weighted by atomic mass is 10.00. The fourth-order valence-electron chi connectivity index (χ4n) is 1.59. The van der Waals surface area contributed by atoms with Crippen LogP contribution < -0.4 is 0 Å². The Morgan fingerprint density at radius 3 is 2.35 bits per heavy atom. The third-order valence-corrected chi connectivity index (χ3v) is 2.61. The predicted octanol–water partition coefficient (Wildman–Crippen LogP) is 0.919. The molecule has 0 radical (unpaired) electrons. The van der Waals surface area contributed by atoms with Gasteiger partial charge in [-0.1, -0.05) is 24.3 Å². The number of benzene rings is 1. The molecule has 1 aromatic rings. The molecule has 1 rings (SSSR count). The third-order valence-electron chi connectivity index (χ3n) is 2.61. The molecule has 4 nitrogen and oxygen atoms in total. The summed E-state index contributed by atoms with van der Waals surface area (Å²) in [5, 5.41) is 36.3. The summed E-state index contributed by atoms with van der Waals surface area (Å²) >= 11 is 0. The first-order chi connectivity index (χ1) is 8.19. The first kappa shape index (κ1) is 13.7. The maximum atomic E-state index is 9.75.